The van der Waals surface area contributed by atoms with Gasteiger partial charge in [-0.15, -0.1) is 0 Å². The monoisotopic (exact) mass is 390 g/mol. The molecule has 1 saturated heterocycles. The molecule has 3 heterocycles. The van der Waals surface area contributed by atoms with Gasteiger partial charge >= 0.3 is 0 Å². The molecule has 150 valence electrons. The molecule has 6 heteroatoms. The number of para-hydroxylation sites is 1. The summed E-state index contributed by atoms with van der Waals surface area (Å²) in [5.41, 5.74) is 3.08. The second-order valence-corrected chi connectivity index (χ2v) is 7.80. The molecule has 1 aromatic carbocycles. The summed E-state index contributed by atoms with van der Waals surface area (Å²) in [5.74, 6) is 0.403. The zero-order chi connectivity index (χ0) is 20.4. The van der Waals surface area contributed by atoms with Gasteiger partial charge in [0.15, 0.2) is 0 Å². The minimum Gasteiger partial charge on any atom is -0.350 e. The zero-order valence-corrected chi connectivity index (χ0v) is 16.9. The number of nitrogens with one attached hydrogen (secondary N) is 1. The van der Waals surface area contributed by atoms with E-state index in [9.17, 15) is 9.59 Å². The predicted octanol–water partition coefficient (Wildman–Crippen LogP) is 3.30. The molecule has 1 unspecified atom stereocenters. The van der Waals surface area contributed by atoms with E-state index in [1.807, 2.05) is 49.3 Å². The fourth-order valence-electron chi connectivity index (χ4n) is 4.09. The van der Waals surface area contributed by atoms with Crippen LogP contribution in [0.1, 0.15) is 24.0 Å². The molecule has 6 nitrogen and oxygen atoms in total. The number of likely N-dealkylation sites (tertiary alicyclic amines) is 1. The molecule has 1 atom stereocenters. The zero-order valence-electron chi connectivity index (χ0n) is 16.9. The Hall–Kier alpha value is -3.15. The van der Waals surface area contributed by atoms with Crippen molar-refractivity contribution in [3.8, 4) is 0 Å². The van der Waals surface area contributed by atoms with Crippen molar-refractivity contribution in [2.24, 2.45) is 13.0 Å². The van der Waals surface area contributed by atoms with Gasteiger partial charge in [0, 0.05) is 43.4 Å². The van der Waals surface area contributed by atoms with Crippen LogP contribution in [0.15, 0.2) is 48.8 Å². The van der Waals surface area contributed by atoms with Gasteiger partial charge in [-0.3, -0.25) is 9.59 Å². The molecule has 1 aliphatic rings. The highest BCUT2D eigenvalue weighted by Crippen LogP contribution is 2.23. The second kappa shape index (κ2) is 8.07. The van der Waals surface area contributed by atoms with E-state index in [0.29, 0.717) is 25.3 Å². The first-order chi connectivity index (χ1) is 14.0. The molecule has 1 N–H and O–H groups in total. The number of amides is 2. The van der Waals surface area contributed by atoms with Gasteiger partial charge in [0.2, 0.25) is 11.8 Å². The van der Waals surface area contributed by atoms with Gasteiger partial charge < -0.3 is 14.8 Å². The van der Waals surface area contributed by atoms with E-state index in [1.54, 1.807) is 6.20 Å². The molecular weight excluding hydrogens is 364 g/mol. The van der Waals surface area contributed by atoms with Gasteiger partial charge in [-0.05, 0) is 43.0 Å². The molecule has 0 radical (unpaired) electrons. The normalized spacial score (nSPS) is 16.8. The number of piperidine rings is 1. The van der Waals surface area contributed by atoms with Crippen LogP contribution in [0.2, 0.25) is 0 Å². The topological polar surface area (TPSA) is 67.2 Å². The highest BCUT2D eigenvalue weighted by atomic mass is 16.2. The Morgan fingerprint density at radius 2 is 2.03 bits per heavy atom. The minimum atomic E-state index is -0.207. The third kappa shape index (κ3) is 4.01. The van der Waals surface area contributed by atoms with Crippen molar-refractivity contribution in [1.82, 2.24) is 14.5 Å². The van der Waals surface area contributed by atoms with E-state index in [4.69, 9.17) is 0 Å². The molecule has 0 aliphatic carbocycles. The van der Waals surface area contributed by atoms with Crippen molar-refractivity contribution in [3.63, 3.8) is 0 Å². The molecule has 2 aromatic heterocycles. The maximum atomic E-state index is 13.0. The number of anilines is 1. The third-order valence-electron chi connectivity index (χ3n) is 5.72. The Labute approximate surface area is 170 Å². The lowest BCUT2D eigenvalue weighted by molar-refractivity contribution is -0.133. The van der Waals surface area contributed by atoms with Crippen LogP contribution in [0.25, 0.3) is 10.9 Å². The fourth-order valence-corrected chi connectivity index (χ4v) is 4.09. The molecule has 4 rings (SSSR count). The SMILES string of the molecule is Cc1cccnc1NC(=O)C1CCCN(C(=O)Cc2cn(C)c3ccccc23)C1. The van der Waals surface area contributed by atoms with Crippen LogP contribution in [0.3, 0.4) is 0 Å². The lowest BCUT2D eigenvalue weighted by atomic mass is 9.96. The van der Waals surface area contributed by atoms with Crippen LogP contribution in [-0.4, -0.2) is 39.4 Å². The number of hydrogen-bond donors (Lipinski definition) is 1. The standard InChI is InChI=1S/C23H26N4O2/c1-16-7-5-11-24-22(16)25-23(29)17-8-6-12-27(15-17)21(28)13-18-14-26(2)20-10-4-3-9-19(18)20/h3-5,7,9-11,14,17H,6,8,12-13,15H2,1-2H3,(H,24,25,29). The van der Waals surface area contributed by atoms with Crippen molar-refractivity contribution < 1.29 is 9.59 Å². The highest BCUT2D eigenvalue weighted by Gasteiger charge is 2.29. The average Bonchev–Trinajstić information content (AvgIpc) is 3.05. The second-order valence-electron chi connectivity index (χ2n) is 7.80. The van der Waals surface area contributed by atoms with E-state index in [2.05, 4.69) is 27.0 Å². The molecule has 0 spiro atoms. The van der Waals surface area contributed by atoms with Crippen molar-refractivity contribution in [1.29, 1.82) is 0 Å². The van der Waals surface area contributed by atoms with Gasteiger partial charge in [-0.2, -0.15) is 0 Å². The molecule has 29 heavy (non-hydrogen) atoms. The Balaban J connectivity index is 1.43. The van der Waals surface area contributed by atoms with Crippen molar-refractivity contribution in [2.75, 3.05) is 18.4 Å². The van der Waals surface area contributed by atoms with Crippen molar-refractivity contribution in [2.45, 2.75) is 26.2 Å². The summed E-state index contributed by atoms with van der Waals surface area (Å²) < 4.78 is 2.06. The number of aryl methyl sites for hydroxylation is 2. The first kappa shape index (κ1) is 19.2. The first-order valence-electron chi connectivity index (χ1n) is 10.1. The van der Waals surface area contributed by atoms with Crippen molar-refractivity contribution >= 4 is 28.5 Å². The number of hydrogen-bond acceptors (Lipinski definition) is 3. The van der Waals surface area contributed by atoms with Crippen LogP contribution < -0.4 is 5.32 Å². The number of carbonyl (C=O) groups excluding carboxylic acids is 2. The fraction of sp³-hybridized carbons (Fsp3) is 0.348. The van der Waals surface area contributed by atoms with E-state index >= 15 is 0 Å². The summed E-state index contributed by atoms with van der Waals surface area (Å²) in [7, 11) is 2.00. The number of pyridine rings is 1. The minimum absolute atomic E-state index is 0.0607. The number of fused-ring (bicyclic) bond motifs is 1. The Kier molecular flexibility index (Phi) is 5.34. The summed E-state index contributed by atoms with van der Waals surface area (Å²) in [6.45, 7) is 3.08. The van der Waals surface area contributed by atoms with Crippen LogP contribution in [0.5, 0.6) is 0 Å². The smallest absolute Gasteiger partial charge is 0.230 e. The van der Waals surface area contributed by atoms with Crippen LogP contribution >= 0.6 is 0 Å². The van der Waals surface area contributed by atoms with Crippen molar-refractivity contribution in [3.05, 3.63) is 59.9 Å². The maximum absolute atomic E-state index is 13.0. The van der Waals surface area contributed by atoms with E-state index in [-0.39, 0.29) is 17.7 Å². The third-order valence-corrected chi connectivity index (χ3v) is 5.72. The maximum Gasteiger partial charge on any atom is 0.230 e. The predicted molar refractivity (Wildman–Crippen MR) is 114 cm³/mol. The highest BCUT2D eigenvalue weighted by molar-refractivity contribution is 5.93. The number of benzene rings is 1. The number of rotatable bonds is 4. The van der Waals surface area contributed by atoms with Gasteiger partial charge in [-0.1, -0.05) is 24.3 Å². The van der Waals surface area contributed by atoms with E-state index in [0.717, 1.165) is 34.9 Å². The molecule has 3 aromatic rings. The van der Waals surface area contributed by atoms with Crippen LogP contribution in [0.4, 0.5) is 5.82 Å². The summed E-state index contributed by atoms with van der Waals surface area (Å²) >= 11 is 0. The average molecular weight is 390 g/mol. The number of carbonyl (C=O) groups is 2. The molecule has 2 amide bonds. The molecular formula is C23H26N4O2. The van der Waals surface area contributed by atoms with E-state index < -0.39 is 0 Å². The van der Waals surface area contributed by atoms with Gasteiger partial charge in [0.05, 0.1) is 12.3 Å². The molecule has 1 fully saturated rings. The summed E-state index contributed by atoms with van der Waals surface area (Å²) in [4.78, 5) is 31.8. The first-order valence-corrected chi connectivity index (χ1v) is 10.1. The van der Waals surface area contributed by atoms with Gasteiger partial charge in [0.25, 0.3) is 0 Å². The Morgan fingerprint density at radius 1 is 1.21 bits per heavy atom. The lowest BCUT2D eigenvalue weighted by Crippen LogP contribution is -2.44. The molecule has 0 bridgehead atoms. The summed E-state index contributed by atoms with van der Waals surface area (Å²) in [6, 6.07) is 11.9. The Morgan fingerprint density at radius 3 is 2.86 bits per heavy atom. The quantitative estimate of drug-likeness (QED) is 0.743. The van der Waals surface area contributed by atoms with Crippen LogP contribution in [0, 0.1) is 12.8 Å². The molecule has 0 saturated carbocycles. The van der Waals surface area contributed by atoms with E-state index in [1.165, 1.54) is 0 Å². The largest absolute Gasteiger partial charge is 0.350 e. The molecule has 1 aliphatic heterocycles. The number of nitrogens with zero attached hydrogens (tertiary/aromatic N) is 3. The number of aromatic nitrogens is 2. The lowest BCUT2D eigenvalue weighted by Gasteiger charge is -2.32. The Bertz CT molecular complexity index is 1060. The van der Waals surface area contributed by atoms with Crippen LogP contribution in [-0.2, 0) is 23.1 Å². The van der Waals surface area contributed by atoms with Gasteiger partial charge in [0.1, 0.15) is 5.82 Å². The summed E-state index contributed by atoms with van der Waals surface area (Å²) in [6.07, 6.45) is 5.68. The summed E-state index contributed by atoms with van der Waals surface area (Å²) in [5, 5.41) is 4.04. The van der Waals surface area contributed by atoms with Gasteiger partial charge in [-0.25, -0.2) is 4.98 Å².